The molecule has 1 aromatic rings. The van der Waals surface area contributed by atoms with E-state index in [9.17, 15) is 14.4 Å². The number of carbonyl (C=O) groups is 2. The average Bonchev–Trinajstić information content (AvgIpc) is 2.95. The monoisotopic (exact) mass is 361 g/mol. The first-order chi connectivity index (χ1) is 12.3. The third kappa shape index (κ3) is 3.82. The van der Waals surface area contributed by atoms with Crippen molar-refractivity contribution in [1.29, 1.82) is 0 Å². The molecule has 1 aromatic heterocycles. The van der Waals surface area contributed by atoms with Crippen LogP contribution in [0.1, 0.15) is 54.2 Å². The number of hydrogen-bond acceptors (Lipinski definition) is 4. The lowest BCUT2D eigenvalue weighted by Crippen LogP contribution is -2.48. The minimum absolute atomic E-state index is 0.0448. The van der Waals surface area contributed by atoms with Crippen LogP contribution in [0.25, 0.3) is 0 Å². The molecule has 7 nitrogen and oxygen atoms in total. The van der Waals surface area contributed by atoms with Gasteiger partial charge in [-0.1, -0.05) is 0 Å². The molecule has 2 N–H and O–H groups in total. The van der Waals surface area contributed by atoms with Gasteiger partial charge in [0.2, 0.25) is 5.91 Å². The number of rotatable bonds is 3. The number of aromatic amines is 1. The Morgan fingerprint density at radius 2 is 2.00 bits per heavy atom. The highest BCUT2D eigenvalue weighted by molar-refractivity contribution is 5.95. The summed E-state index contributed by atoms with van der Waals surface area (Å²) in [4.78, 5) is 40.5. The molecule has 1 spiro atoms. The Bertz CT molecular complexity index is 763. The van der Waals surface area contributed by atoms with Crippen LogP contribution in [0.3, 0.4) is 0 Å². The average molecular weight is 361 g/mol. The van der Waals surface area contributed by atoms with Crippen molar-refractivity contribution in [3.05, 3.63) is 33.2 Å². The fourth-order valence-electron chi connectivity index (χ4n) is 4.06. The topological polar surface area (TPSA) is 91.5 Å². The Balaban J connectivity index is 1.62. The van der Waals surface area contributed by atoms with E-state index in [0.717, 1.165) is 31.4 Å². The number of H-pyrrole nitrogens is 1. The minimum Gasteiger partial charge on any atom is -0.370 e. The lowest BCUT2D eigenvalue weighted by Gasteiger charge is -2.39. The maximum absolute atomic E-state index is 12.8. The number of ether oxygens (including phenoxy) is 1. The van der Waals surface area contributed by atoms with Crippen LogP contribution in [0.4, 0.5) is 0 Å². The zero-order valence-corrected chi connectivity index (χ0v) is 15.7. The summed E-state index contributed by atoms with van der Waals surface area (Å²) in [6.07, 6.45) is 3.44. The van der Waals surface area contributed by atoms with Gasteiger partial charge in [0, 0.05) is 32.3 Å². The third-order valence-corrected chi connectivity index (χ3v) is 5.46. The molecule has 2 aliphatic heterocycles. The molecule has 0 saturated carbocycles. The fourth-order valence-corrected chi connectivity index (χ4v) is 4.06. The highest BCUT2D eigenvalue weighted by Crippen LogP contribution is 2.38. The molecule has 3 rings (SSSR count). The van der Waals surface area contributed by atoms with E-state index in [1.54, 1.807) is 11.8 Å². The summed E-state index contributed by atoms with van der Waals surface area (Å²) >= 11 is 0. The summed E-state index contributed by atoms with van der Waals surface area (Å²) in [7, 11) is 0. The van der Waals surface area contributed by atoms with Crippen molar-refractivity contribution in [1.82, 2.24) is 15.2 Å². The smallest absolute Gasteiger partial charge is 0.261 e. The standard InChI is InChI=1S/C19H27N3O4/c1-12-10-13(2)21-17(24)16(12)18(25)22-8-6-19(7-9-22)5-4-15(26-19)11-20-14(3)23/h10,15H,4-9,11H2,1-3H3,(H,20,23)(H,21,24). The lowest BCUT2D eigenvalue weighted by molar-refractivity contribution is -0.120. The largest absolute Gasteiger partial charge is 0.370 e. The molecule has 26 heavy (non-hydrogen) atoms. The molecule has 7 heteroatoms. The van der Waals surface area contributed by atoms with Crippen LogP contribution in [0, 0.1) is 13.8 Å². The first-order valence-electron chi connectivity index (χ1n) is 9.22. The number of aromatic nitrogens is 1. The maximum atomic E-state index is 12.8. The number of piperidine rings is 1. The van der Waals surface area contributed by atoms with E-state index in [4.69, 9.17) is 4.74 Å². The van der Waals surface area contributed by atoms with Crippen molar-refractivity contribution < 1.29 is 14.3 Å². The molecule has 1 atom stereocenters. The van der Waals surface area contributed by atoms with E-state index in [1.165, 1.54) is 6.92 Å². The van der Waals surface area contributed by atoms with E-state index >= 15 is 0 Å². The molecule has 2 saturated heterocycles. The number of amides is 2. The number of carbonyl (C=O) groups excluding carboxylic acids is 2. The molecule has 1 unspecified atom stereocenters. The molecule has 3 heterocycles. The van der Waals surface area contributed by atoms with Gasteiger partial charge in [-0.2, -0.15) is 0 Å². The number of nitrogens with one attached hydrogen (secondary N) is 2. The predicted octanol–water partition coefficient (Wildman–Crippen LogP) is 1.28. The Kier molecular flexibility index (Phi) is 5.18. The van der Waals surface area contributed by atoms with E-state index in [2.05, 4.69) is 10.3 Å². The Labute approximate surface area is 153 Å². The van der Waals surface area contributed by atoms with Gasteiger partial charge in [0.15, 0.2) is 0 Å². The van der Waals surface area contributed by atoms with E-state index in [0.29, 0.717) is 25.2 Å². The molecule has 0 bridgehead atoms. The Morgan fingerprint density at radius 1 is 1.31 bits per heavy atom. The molecule has 142 valence electrons. The lowest BCUT2D eigenvalue weighted by atomic mass is 9.88. The van der Waals surface area contributed by atoms with Crippen LogP contribution < -0.4 is 10.9 Å². The van der Waals surface area contributed by atoms with Crippen LogP contribution in [-0.2, 0) is 9.53 Å². The normalized spacial score (nSPS) is 21.8. The van der Waals surface area contributed by atoms with Crippen molar-refractivity contribution in [2.75, 3.05) is 19.6 Å². The maximum Gasteiger partial charge on any atom is 0.261 e. The van der Waals surface area contributed by atoms with Gasteiger partial charge in [-0.05, 0) is 51.2 Å². The zero-order valence-electron chi connectivity index (χ0n) is 15.7. The zero-order chi connectivity index (χ0) is 18.9. The van der Waals surface area contributed by atoms with Gasteiger partial charge in [-0.15, -0.1) is 0 Å². The molecule has 2 amide bonds. The summed E-state index contributed by atoms with van der Waals surface area (Å²) in [5, 5.41) is 2.81. The highest BCUT2D eigenvalue weighted by atomic mass is 16.5. The highest BCUT2D eigenvalue weighted by Gasteiger charge is 2.43. The second-order valence-corrected chi connectivity index (χ2v) is 7.53. The van der Waals surface area contributed by atoms with Crippen LogP contribution in [0.5, 0.6) is 0 Å². The minimum atomic E-state index is -0.319. The molecule has 0 aliphatic carbocycles. The molecule has 2 aliphatic rings. The summed E-state index contributed by atoms with van der Waals surface area (Å²) in [5.41, 5.74) is 1.19. The van der Waals surface area contributed by atoms with Crippen LogP contribution in [0.2, 0.25) is 0 Å². The Hall–Kier alpha value is -2.15. The predicted molar refractivity (Wildman–Crippen MR) is 97.2 cm³/mol. The van der Waals surface area contributed by atoms with Gasteiger partial charge in [0.25, 0.3) is 11.5 Å². The second-order valence-electron chi connectivity index (χ2n) is 7.53. The van der Waals surface area contributed by atoms with Gasteiger partial charge in [0.05, 0.1) is 11.7 Å². The number of pyridine rings is 1. The van der Waals surface area contributed by atoms with E-state index in [1.807, 2.05) is 13.0 Å². The van der Waals surface area contributed by atoms with E-state index < -0.39 is 0 Å². The first kappa shape index (κ1) is 18.6. The van der Waals surface area contributed by atoms with Crippen molar-refractivity contribution in [3.8, 4) is 0 Å². The molecule has 0 aromatic carbocycles. The van der Waals surface area contributed by atoms with Gasteiger partial charge < -0.3 is 19.9 Å². The molecular formula is C19H27N3O4. The number of likely N-dealkylation sites (tertiary alicyclic amines) is 1. The summed E-state index contributed by atoms with van der Waals surface area (Å²) in [5.74, 6) is -0.250. The fraction of sp³-hybridized carbons (Fsp3) is 0.632. The number of hydrogen-bond donors (Lipinski definition) is 2. The van der Waals surface area contributed by atoms with Gasteiger partial charge in [-0.25, -0.2) is 0 Å². The van der Waals surface area contributed by atoms with Crippen molar-refractivity contribution >= 4 is 11.8 Å². The van der Waals surface area contributed by atoms with Gasteiger partial charge in [0.1, 0.15) is 5.56 Å². The SMILES string of the molecule is CC(=O)NCC1CCC2(CCN(C(=O)c3c(C)cc(C)[nH]c3=O)CC2)O1. The van der Waals surface area contributed by atoms with E-state index in [-0.39, 0.29) is 34.6 Å². The quantitative estimate of drug-likeness (QED) is 0.848. The first-order valence-corrected chi connectivity index (χ1v) is 9.22. The Morgan fingerprint density at radius 3 is 2.62 bits per heavy atom. The number of nitrogens with zero attached hydrogens (tertiary/aromatic N) is 1. The van der Waals surface area contributed by atoms with Crippen molar-refractivity contribution in [2.45, 2.75) is 58.2 Å². The molecular weight excluding hydrogens is 334 g/mol. The van der Waals surface area contributed by atoms with Crippen LogP contribution in [0.15, 0.2) is 10.9 Å². The summed E-state index contributed by atoms with van der Waals surface area (Å²) in [6, 6.07) is 1.83. The van der Waals surface area contributed by atoms with Gasteiger partial charge in [-0.3, -0.25) is 14.4 Å². The van der Waals surface area contributed by atoms with Crippen LogP contribution in [-0.4, -0.2) is 53.0 Å². The van der Waals surface area contributed by atoms with Gasteiger partial charge >= 0.3 is 0 Å². The second kappa shape index (κ2) is 7.23. The molecule has 2 fully saturated rings. The van der Waals surface area contributed by atoms with Crippen molar-refractivity contribution in [2.24, 2.45) is 0 Å². The van der Waals surface area contributed by atoms with Crippen molar-refractivity contribution in [3.63, 3.8) is 0 Å². The number of aryl methyl sites for hydroxylation is 2. The molecule has 0 radical (unpaired) electrons. The summed E-state index contributed by atoms with van der Waals surface area (Å²) in [6.45, 7) is 6.81. The third-order valence-electron chi connectivity index (χ3n) is 5.46. The van der Waals surface area contributed by atoms with Crippen LogP contribution >= 0.6 is 0 Å². The summed E-state index contributed by atoms with van der Waals surface area (Å²) < 4.78 is 6.22.